The van der Waals surface area contributed by atoms with E-state index in [0.29, 0.717) is 19.8 Å². The minimum absolute atomic E-state index is 0.00958. The van der Waals surface area contributed by atoms with Crippen LogP contribution in [-0.4, -0.2) is 43.2 Å². The van der Waals surface area contributed by atoms with Crippen molar-refractivity contribution in [3.63, 3.8) is 0 Å². The molecule has 6 heteroatoms. The summed E-state index contributed by atoms with van der Waals surface area (Å²) in [7, 11) is -3.12. The van der Waals surface area contributed by atoms with E-state index < -0.39 is 10.0 Å². The molecule has 78 valence electrons. The third kappa shape index (κ3) is 2.90. The van der Waals surface area contributed by atoms with E-state index in [1.807, 2.05) is 6.92 Å². The van der Waals surface area contributed by atoms with Gasteiger partial charge in [-0.05, 0) is 13.3 Å². The van der Waals surface area contributed by atoms with Crippen LogP contribution < -0.4 is 0 Å². The molecule has 1 saturated heterocycles. The normalized spacial score (nSPS) is 27.1. The molecule has 0 N–H and O–H groups in total. The van der Waals surface area contributed by atoms with E-state index >= 15 is 0 Å². The van der Waals surface area contributed by atoms with Crippen molar-refractivity contribution >= 4 is 26.0 Å². The predicted molar refractivity (Wildman–Crippen MR) is 54.3 cm³/mol. The number of alkyl halides is 1. The van der Waals surface area contributed by atoms with Gasteiger partial charge in [0.15, 0.2) is 0 Å². The molecule has 0 amide bonds. The van der Waals surface area contributed by atoms with Crippen LogP contribution in [0.4, 0.5) is 0 Å². The molecule has 0 spiro atoms. The third-order valence-corrected chi connectivity index (χ3v) is 5.28. The van der Waals surface area contributed by atoms with Gasteiger partial charge in [0.1, 0.15) is 4.66 Å². The van der Waals surface area contributed by atoms with Gasteiger partial charge in [0.2, 0.25) is 10.0 Å². The van der Waals surface area contributed by atoms with E-state index in [-0.39, 0.29) is 10.7 Å². The molecule has 0 saturated carbocycles. The highest BCUT2D eigenvalue weighted by molar-refractivity contribution is 9.10. The van der Waals surface area contributed by atoms with Gasteiger partial charge in [-0.15, -0.1) is 0 Å². The second kappa shape index (κ2) is 4.72. The lowest BCUT2D eigenvalue weighted by molar-refractivity contribution is 0.126. The van der Waals surface area contributed by atoms with Crippen molar-refractivity contribution in [2.75, 3.05) is 24.4 Å². The molecular weight excluding hydrogens is 258 g/mol. The molecule has 1 fully saturated rings. The molecule has 1 aliphatic rings. The van der Waals surface area contributed by atoms with Crippen LogP contribution in [-0.2, 0) is 14.8 Å². The van der Waals surface area contributed by atoms with E-state index in [0.717, 1.165) is 6.42 Å². The standard InChI is InChI=1S/C7H14BrNO3S/c1-7-5-12-4-2-3-9(7)13(10,11)6-8/h7H,2-6H2,1H3. The minimum Gasteiger partial charge on any atom is -0.380 e. The predicted octanol–water partition coefficient (Wildman–Crippen LogP) is 0.779. The Bertz CT molecular complexity index is 254. The summed E-state index contributed by atoms with van der Waals surface area (Å²) < 4.78 is 29.8. The van der Waals surface area contributed by atoms with Crippen LogP contribution in [0.1, 0.15) is 13.3 Å². The van der Waals surface area contributed by atoms with E-state index in [9.17, 15) is 8.42 Å². The third-order valence-electron chi connectivity index (χ3n) is 2.01. The number of hydrogen-bond donors (Lipinski definition) is 0. The SMILES string of the molecule is CC1COCCCN1S(=O)(=O)CBr. The van der Waals surface area contributed by atoms with Crippen molar-refractivity contribution in [3.8, 4) is 0 Å². The fraction of sp³-hybridized carbons (Fsp3) is 1.00. The van der Waals surface area contributed by atoms with Crippen molar-refractivity contribution in [2.24, 2.45) is 0 Å². The first kappa shape index (κ1) is 11.4. The zero-order valence-electron chi connectivity index (χ0n) is 7.57. The average molecular weight is 272 g/mol. The minimum atomic E-state index is -3.12. The number of hydrogen-bond acceptors (Lipinski definition) is 3. The van der Waals surface area contributed by atoms with Crippen molar-refractivity contribution < 1.29 is 13.2 Å². The lowest BCUT2D eigenvalue weighted by Gasteiger charge is -2.24. The average Bonchev–Trinajstić information content (AvgIpc) is 2.30. The maximum absolute atomic E-state index is 11.5. The molecule has 0 radical (unpaired) electrons. The Labute approximate surface area is 87.4 Å². The second-order valence-corrected chi connectivity index (χ2v) is 6.33. The van der Waals surface area contributed by atoms with E-state index in [2.05, 4.69) is 15.9 Å². The molecular formula is C7H14BrNO3S. The zero-order chi connectivity index (χ0) is 9.90. The fourth-order valence-corrected chi connectivity index (χ4v) is 3.29. The first-order chi connectivity index (χ1) is 6.08. The molecule has 0 aromatic carbocycles. The lowest BCUT2D eigenvalue weighted by Crippen LogP contribution is -2.40. The molecule has 1 atom stereocenters. The molecule has 13 heavy (non-hydrogen) atoms. The topological polar surface area (TPSA) is 46.6 Å². The fourth-order valence-electron chi connectivity index (χ4n) is 1.36. The Morgan fingerprint density at radius 1 is 1.62 bits per heavy atom. The van der Waals surface area contributed by atoms with E-state index in [1.54, 1.807) is 0 Å². The Kier molecular flexibility index (Phi) is 4.15. The van der Waals surface area contributed by atoms with Crippen molar-refractivity contribution in [2.45, 2.75) is 19.4 Å². The molecule has 0 aromatic rings. The Morgan fingerprint density at radius 3 is 2.92 bits per heavy atom. The smallest absolute Gasteiger partial charge is 0.224 e. The lowest BCUT2D eigenvalue weighted by atomic mass is 10.3. The first-order valence-corrected chi connectivity index (χ1v) is 6.94. The van der Waals surface area contributed by atoms with Gasteiger partial charge in [0.05, 0.1) is 6.61 Å². The summed E-state index contributed by atoms with van der Waals surface area (Å²) in [6.45, 7) is 3.57. The van der Waals surface area contributed by atoms with Crippen LogP contribution in [0.25, 0.3) is 0 Å². The highest BCUT2D eigenvalue weighted by Gasteiger charge is 2.27. The van der Waals surface area contributed by atoms with Crippen LogP contribution >= 0.6 is 15.9 Å². The first-order valence-electron chi connectivity index (χ1n) is 4.21. The number of halogens is 1. The molecule has 1 rings (SSSR count). The number of nitrogens with zero attached hydrogens (tertiary/aromatic N) is 1. The van der Waals surface area contributed by atoms with Crippen LogP contribution in [0.5, 0.6) is 0 Å². The molecule has 1 heterocycles. The van der Waals surface area contributed by atoms with Crippen molar-refractivity contribution in [3.05, 3.63) is 0 Å². The maximum atomic E-state index is 11.5. The van der Waals surface area contributed by atoms with Gasteiger partial charge in [-0.3, -0.25) is 0 Å². The monoisotopic (exact) mass is 271 g/mol. The van der Waals surface area contributed by atoms with Crippen molar-refractivity contribution in [1.82, 2.24) is 4.31 Å². The number of sulfonamides is 1. The highest BCUT2D eigenvalue weighted by Crippen LogP contribution is 2.14. The Morgan fingerprint density at radius 2 is 2.31 bits per heavy atom. The van der Waals surface area contributed by atoms with Gasteiger partial charge in [-0.1, -0.05) is 15.9 Å². The van der Waals surface area contributed by atoms with E-state index in [1.165, 1.54) is 4.31 Å². The highest BCUT2D eigenvalue weighted by atomic mass is 79.9. The van der Waals surface area contributed by atoms with Gasteiger partial charge < -0.3 is 4.74 Å². The zero-order valence-corrected chi connectivity index (χ0v) is 9.97. The number of rotatable bonds is 2. The molecule has 0 bridgehead atoms. The molecule has 4 nitrogen and oxygen atoms in total. The summed E-state index contributed by atoms with van der Waals surface area (Å²) in [5.74, 6) is 0. The largest absolute Gasteiger partial charge is 0.380 e. The quantitative estimate of drug-likeness (QED) is 0.698. The summed E-state index contributed by atoms with van der Waals surface area (Å²) >= 11 is 2.99. The van der Waals surface area contributed by atoms with Gasteiger partial charge in [0, 0.05) is 19.2 Å². The number of ether oxygens (including phenoxy) is 1. The maximum Gasteiger partial charge on any atom is 0.224 e. The van der Waals surface area contributed by atoms with Crippen molar-refractivity contribution in [1.29, 1.82) is 0 Å². The molecule has 0 aliphatic carbocycles. The molecule has 1 unspecified atom stereocenters. The van der Waals surface area contributed by atoms with Crippen LogP contribution in [0, 0.1) is 0 Å². The van der Waals surface area contributed by atoms with Gasteiger partial charge >= 0.3 is 0 Å². The van der Waals surface area contributed by atoms with E-state index in [4.69, 9.17) is 4.74 Å². The summed E-state index contributed by atoms with van der Waals surface area (Å²) in [5.41, 5.74) is 0. The van der Waals surface area contributed by atoms with Crippen LogP contribution in [0.3, 0.4) is 0 Å². The molecule has 0 aromatic heterocycles. The summed E-state index contributed by atoms with van der Waals surface area (Å²) in [6, 6.07) is -0.0509. The van der Waals surface area contributed by atoms with Gasteiger partial charge in [0.25, 0.3) is 0 Å². The Hall–Kier alpha value is 0.350. The van der Waals surface area contributed by atoms with Gasteiger partial charge in [-0.2, -0.15) is 4.31 Å². The second-order valence-electron chi connectivity index (χ2n) is 3.11. The summed E-state index contributed by atoms with van der Waals surface area (Å²) in [6.07, 6.45) is 0.774. The summed E-state index contributed by atoms with van der Waals surface area (Å²) in [5, 5.41) is 0. The van der Waals surface area contributed by atoms with Crippen LogP contribution in [0.15, 0.2) is 0 Å². The Balaban J connectivity index is 2.75. The van der Waals surface area contributed by atoms with Gasteiger partial charge in [-0.25, -0.2) is 8.42 Å². The van der Waals surface area contributed by atoms with Crippen LogP contribution in [0.2, 0.25) is 0 Å². The summed E-state index contributed by atoms with van der Waals surface area (Å²) in [4.78, 5) is 0. The molecule has 1 aliphatic heterocycles.